The van der Waals surface area contributed by atoms with Crippen LogP contribution in [0.3, 0.4) is 0 Å². The first-order valence-corrected chi connectivity index (χ1v) is 10.3. The van der Waals surface area contributed by atoms with Crippen LogP contribution in [0.15, 0.2) is 47.1 Å². The quantitative estimate of drug-likeness (QED) is 0.520. The maximum atomic E-state index is 13.2. The number of fused-ring (bicyclic) bond motifs is 3. The first kappa shape index (κ1) is 20.8. The summed E-state index contributed by atoms with van der Waals surface area (Å²) in [4.78, 5) is 39.2. The monoisotopic (exact) mass is 440 g/mol. The zero-order valence-corrected chi connectivity index (χ0v) is 18.7. The van der Waals surface area contributed by atoms with Gasteiger partial charge in [0.25, 0.3) is 0 Å². The largest absolute Gasteiger partial charge is 0.477 e. The molecule has 4 aliphatic rings. The summed E-state index contributed by atoms with van der Waals surface area (Å²) in [7, 11) is 3.78. The second-order valence-corrected chi connectivity index (χ2v) is 9.36. The maximum Gasteiger partial charge on any atom is 0.338 e. The molecule has 0 saturated carbocycles. The molecular formula is C24H24O8. The van der Waals surface area contributed by atoms with Gasteiger partial charge < -0.3 is 23.7 Å². The van der Waals surface area contributed by atoms with Crippen molar-refractivity contribution in [1.29, 1.82) is 0 Å². The van der Waals surface area contributed by atoms with Crippen LogP contribution in [-0.2, 0) is 38.7 Å². The summed E-state index contributed by atoms with van der Waals surface area (Å²) in [5.74, 6) is -1.48. The zero-order valence-electron chi connectivity index (χ0n) is 18.7. The third-order valence-corrected chi connectivity index (χ3v) is 7.29. The van der Waals surface area contributed by atoms with Gasteiger partial charge in [-0.15, -0.1) is 0 Å². The molecule has 0 spiro atoms. The van der Waals surface area contributed by atoms with Crippen LogP contribution >= 0.6 is 0 Å². The summed E-state index contributed by atoms with van der Waals surface area (Å²) in [6.07, 6.45) is 0.930. The summed E-state index contributed by atoms with van der Waals surface area (Å²) < 4.78 is 28.5. The van der Waals surface area contributed by atoms with E-state index >= 15 is 0 Å². The Morgan fingerprint density at radius 2 is 1.50 bits per heavy atom. The summed E-state index contributed by atoms with van der Waals surface area (Å²) in [6.45, 7) is 5.69. The van der Waals surface area contributed by atoms with E-state index in [0.29, 0.717) is 11.3 Å². The van der Waals surface area contributed by atoms with E-state index in [-0.39, 0.29) is 16.7 Å². The number of carbonyl (C=O) groups excluding carboxylic acids is 3. The van der Waals surface area contributed by atoms with Gasteiger partial charge in [-0.1, -0.05) is 39.0 Å². The van der Waals surface area contributed by atoms with Gasteiger partial charge in [0.2, 0.25) is 0 Å². The van der Waals surface area contributed by atoms with Crippen molar-refractivity contribution in [3.8, 4) is 5.75 Å². The van der Waals surface area contributed by atoms with Gasteiger partial charge in [-0.2, -0.15) is 0 Å². The molecule has 2 bridgehead atoms. The smallest absolute Gasteiger partial charge is 0.338 e. The van der Waals surface area contributed by atoms with Crippen molar-refractivity contribution in [1.82, 2.24) is 0 Å². The van der Waals surface area contributed by atoms with Crippen molar-refractivity contribution in [3.05, 3.63) is 52.6 Å². The first-order valence-electron chi connectivity index (χ1n) is 10.3. The molecule has 1 aromatic rings. The van der Waals surface area contributed by atoms with Crippen LogP contribution in [-0.4, -0.2) is 56.5 Å². The average molecular weight is 440 g/mol. The highest BCUT2D eigenvalue weighted by Crippen LogP contribution is 2.80. The van der Waals surface area contributed by atoms with E-state index in [1.165, 1.54) is 21.3 Å². The van der Waals surface area contributed by atoms with Gasteiger partial charge in [0, 0.05) is 5.56 Å². The number of para-hydroxylation sites is 1. The molecule has 1 aliphatic carbocycles. The molecule has 1 saturated heterocycles. The molecule has 168 valence electrons. The lowest BCUT2D eigenvalue weighted by molar-refractivity contribution is -0.163. The van der Waals surface area contributed by atoms with Crippen LogP contribution in [0.1, 0.15) is 26.3 Å². The van der Waals surface area contributed by atoms with Crippen LogP contribution in [0.2, 0.25) is 0 Å². The molecule has 1 aromatic carbocycles. The normalized spacial score (nSPS) is 33.3. The minimum absolute atomic E-state index is 0.00924. The number of hydrogen-bond donors (Lipinski definition) is 0. The molecule has 5 rings (SSSR count). The lowest BCUT2D eigenvalue weighted by atomic mass is 9.40. The summed E-state index contributed by atoms with van der Waals surface area (Å²) in [5, 5.41) is 0. The molecule has 3 aliphatic heterocycles. The lowest BCUT2D eigenvalue weighted by Crippen LogP contribution is -2.77. The molecule has 0 radical (unpaired) electrons. The summed E-state index contributed by atoms with van der Waals surface area (Å²) in [5.41, 5.74) is -3.78. The Bertz CT molecular complexity index is 1150. The molecule has 8 heteroatoms. The Balaban J connectivity index is 1.94. The van der Waals surface area contributed by atoms with Crippen molar-refractivity contribution in [2.24, 2.45) is 5.41 Å². The van der Waals surface area contributed by atoms with E-state index in [4.69, 9.17) is 23.7 Å². The van der Waals surface area contributed by atoms with Gasteiger partial charge in [0.15, 0.2) is 11.2 Å². The predicted octanol–water partition coefficient (Wildman–Crippen LogP) is 2.01. The van der Waals surface area contributed by atoms with Crippen LogP contribution < -0.4 is 4.74 Å². The Hall–Kier alpha value is -3.13. The molecule has 0 unspecified atom stereocenters. The summed E-state index contributed by atoms with van der Waals surface area (Å²) >= 11 is 0. The highest BCUT2D eigenvalue weighted by atomic mass is 16.6. The number of ether oxygens (including phenoxy) is 5. The van der Waals surface area contributed by atoms with E-state index < -0.39 is 46.0 Å². The van der Waals surface area contributed by atoms with Gasteiger partial charge in [0.1, 0.15) is 11.2 Å². The minimum atomic E-state index is -1.51. The molecule has 0 N–H and O–H groups in total. The summed E-state index contributed by atoms with van der Waals surface area (Å²) in [6, 6.07) is 7.27. The Morgan fingerprint density at radius 3 is 2.09 bits per heavy atom. The van der Waals surface area contributed by atoms with Crippen molar-refractivity contribution < 1.29 is 38.1 Å². The highest BCUT2D eigenvalue weighted by molar-refractivity contribution is 6.12. The van der Waals surface area contributed by atoms with Crippen LogP contribution in [0.4, 0.5) is 0 Å². The number of hydrogen-bond acceptors (Lipinski definition) is 8. The molecule has 32 heavy (non-hydrogen) atoms. The molecule has 0 aromatic heterocycles. The fraction of sp³-hybridized carbons (Fsp3) is 0.458. The Kier molecular flexibility index (Phi) is 3.90. The fourth-order valence-electron chi connectivity index (χ4n) is 6.39. The number of esters is 3. The SMILES string of the molecule is COC(=O)C1=C[C@H]2O[C@]1(C(C)(C)C)[C@@]13Oc4ccccc4[C@@]21C(C(=O)OC)=C3C(=O)OC. The molecule has 3 heterocycles. The van der Waals surface area contributed by atoms with Crippen molar-refractivity contribution in [2.45, 2.75) is 43.5 Å². The number of methoxy groups -OCH3 is 3. The number of carbonyl (C=O) groups is 3. The van der Waals surface area contributed by atoms with E-state index in [1.54, 1.807) is 12.1 Å². The van der Waals surface area contributed by atoms with Gasteiger partial charge in [-0.05, 0) is 17.6 Å². The zero-order chi connectivity index (χ0) is 23.3. The molecule has 8 nitrogen and oxygen atoms in total. The van der Waals surface area contributed by atoms with E-state index in [0.717, 1.165) is 0 Å². The van der Waals surface area contributed by atoms with Crippen LogP contribution in [0.25, 0.3) is 0 Å². The molecule has 1 fully saturated rings. The number of benzene rings is 1. The van der Waals surface area contributed by atoms with Gasteiger partial charge >= 0.3 is 17.9 Å². The standard InChI is InChI=1S/C24H24O8/c1-21(2,3)23-13(18(25)28-4)11-15(32-23)22-12-9-7-8-10-14(12)31-24(22,23)17(20(27)30-6)16(22)19(26)29-5/h7-11,15H,1-6H3/t15-,22+,23-,24+/m1/s1. The van der Waals surface area contributed by atoms with Crippen molar-refractivity contribution in [3.63, 3.8) is 0 Å². The average Bonchev–Trinajstić information content (AvgIpc) is 3.33. The fourth-order valence-corrected chi connectivity index (χ4v) is 6.39. The number of rotatable bonds is 3. The Morgan fingerprint density at radius 1 is 0.906 bits per heavy atom. The third-order valence-electron chi connectivity index (χ3n) is 7.29. The van der Waals surface area contributed by atoms with Gasteiger partial charge in [-0.3, -0.25) is 0 Å². The van der Waals surface area contributed by atoms with Gasteiger partial charge in [0.05, 0.1) is 44.2 Å². The van der Waals surface area contributed by atoms with Crippen molar-refractivity contribution >= 4 is 17.9 Å². The second kappa shape index (κ2) is 6.01. The van der Waals surface area contributed by atoms with E-state index in [9.17, 15) is 14.4 Å². The maximum absolute atomic E-state index is 13.2. The first-order chi connectivity index (χ1) is 15.1. The second-order valence-electron chi connectivity index (χ2n) is 9.36. The third kappa shape index (κ3) is 1.77. The highest BCUT2D eigenvalue weighted by Gasteiger charge is 2.93. The van der Waals surface area contributed by atoms with Crippen LogP contribution in [0.5, 0.6) is 5.75 Å². The van der Waals surface area contributed by atoms with Crippen LogP contribution in [0, 0.1) is 5.41 Å². The molecule has 0 amide bonds. The predicted molar refractivity (Wildman–Crippen MR) is 110 cm³/mol. The van der Waals surface area contributed by atoms with E-state index in [2.05, 4.69) is 0 Å². The molecular weight excluding hydrogens is 416 g/mol. The molecule has 4 atom stereocenters. The van der Waals surface area contributed by atoms with Crippen molar-refractivity contribution in [2.75, 3.05) is 21.3 Å². The van der Waals surface area contributed by atoms with E-state index in [1.807, 2.05) is 39.0 Å². The lowest BCUT2D eigenvalue weighted by Gasteiger charge is -2.59. The topological polar surface area (TPSA) is 97.4 Å². The Labute approximate surface area is 185 Å². The minimum Gasteiger partial charge on any atom is -0.477 e. The van der Waals surface area contributed by atoms with Gasteiger partial charge in [-0.25, -0.2) is 14.4 Å².